The van der Waals surface area contributed by atoms with Crippen LogP contribution in [-0.2, 0) is 9.47 Å². The SMILES string of the molecule is CCCOCOCCCC(C)C[CH](C)[Mg][Cl]. The Balaban J connectivity index is 3.18. The molecule has 0 aliphatic heterocycles. The molecule has 0 aromatic rings. The summed E-state index contributed by atoms with van der Waals surface area (Å²) in [5, 5.41) is 0. The fraction of sp³-hybridized carbons (Fsp3) is 1.00. The smallest absolute Gasteiger partial charge is 0.355 e. The van der Waals surface area contributed by atoms with Gasteiger partial charge in [-0.05, 0) is 25.2 Å². The topological polar surface area (TPSA) is 18.5 Å². The van der Waals surface area contributed by atoms with Gasteiger partial charge >= 0.3 is 19.3 Å². The van der Waals surface area contributed by atoms with E-state index < -0.39 is 0 Å². The lowest BCUT2D eigenvalue weighted by molar-refractivity contribution is -0.0548. The Kier molecular flexibility index (Phi) is 13.2. The Morgan fingerprint density at radius 2 is 1.88 bits per heavy atom. The van der Waals surface area contributed by atoms with Crippen LogP contribution in [0.1, 0.15) is 46.5 Å². The molecule has 0 bridgehead atoms. The van der Waals surface area contributed by atoms with E-state index in [1.165, 1.54) is 12.8 Å². The molecule has 0 N–H and O–H groups in total. The molecule has 0 radical (unpaired) electrons. The van der Waals surface area contributed by atoms with Gasteiger partial charge in [0.15, 0.2) is 0 Å². The Labute approximate surface area is 114 Å². The molecule has 4 heteroatoms. The summed E-state index contributed by atoms with van der Waals surface area (Å²) >= 11 is -0.326. The Hall–Kier alpha value is 0.976. The second-order valence-electron chi connectivity index (χ2n) is 4.68. The van der Waals surface area contributed by atoms with Gasteiger partial charge in [-0.1, -0.05) is 27.2 Å². The van der Waals surface area contributed by atoms with Gasteiger partial charge in [0, 0.05) is 13.2 Å². The predicted octanol–water partition coefficient (Wildman–Crippen LogP) is 3.86. The van der Waals surface area contributed by atoms with Crippen LogP contribution in [0.4, 0.5) is 0 Å². The van der Waals surface area contributed by atoms with Gasteiger partial charge in [-0.3, -0.25) is 0 Å². The lowest BCUT2D eigenvalue weighted by Gasteiger charge is -2.14. The maximum absolute atomic E-state index is 5.93. The Morgan fingerprint density at radius 3 is 2.50 bits per heavy atom. The van der Waals surface area contributed by atoms with Gasteiger partial charge in [0.1, 0.15) is 6.79 Å². The largest absolute Gasteiger partial charge is 0.504 e. The second-order valence-corrected chi connectivity index (χ2v) is 7.31. The highest BCUT2D eigenvalue weighted by atomic mass is 35.5. The van der Waals surface area contributed by atoms with Crippen LogP contribution in [0.25, 0.3) is 0 Å². The summed E-state index contributed by atoms with van der Waals surface area (Å²) in [6, 6.07) is 0. The Bertz CT molecular complexity index is 147. The van der Waals surface area contributed by atoms with Crippen LogP contribution in [0.5, 0.6) is 0 Å². The summed E-state index contributed by atoms with van der Waals surface area (Å²) in [6.07, 6.45) is 4.71. The summed E-state index contributed by atoms with van der Waals surface area (Å²) < 4.78 is 11.4. The monoisotopic (exact) mass is 260 g/mol. The zero-order valence-corrected chi connectivity index (χ0v) is 13.2. The molecular weight excluding hydrogens is 236 g/mol. The highest BCUT2D eigenvalue weighted by molar-refractivity contribution is 6.94. The third-order valence-electron chi connectivity index (χ3n) is 2.57. The first-order valence-electron chi connectivity index (χ1n) is 6.42. The fourth-order valence-electron chi connectivity index (χ4n) is 1.72. The van der Waals surface area contributed by atoms with Crippen molar-refractivity contribution in [1.29, 1.82) is 0 Å². The molecule has 0 saturated carbocycles. The van der Waals surface area contributed by atoms with Gasteiger partial charge in [0.2, 0.25) is 0 Å². The van der Waals surface area contributed by atoms with E-state index in [1.54, 1.807) is 0 Å². The lowest BCUT2D eigenvalue weighted by Crippen LogP contribution is -2.06. The quantitative estimate of drug-likeness (QED) is 0.319. The number of halogens is 1. The molecule has 2 atom stereocenters. The number of hydrogen-bond donors (Lipinski definition) is 0. The summed E-state index contributed by atoms with van der Waals surface area (Å²) in [4.78, 5) is 0. The minimum absolute atomic E-state index is 0.326. The first kappa shape index (κ1) is 17.0. The van der Waals surface area contributed by atoms with Gasteiger partial charge in [0.05, 0.1) is 0 Å². The van der Waals surface area contributed by atoms with Crippen LogP contribution in [0.15, 0.2) is 0 Å². The van der Waals surface area contributed by atoms with E-state index in [0.717, 1.165) is 36.0 Å². The van der Waals surface area contributed by atoms with Gasteiger partial charge in [-0.25, -0.2) is 0 Å². The standard InChI is InChI=1S/C12H25O2.ClH.Mg/c1-4-7-12(3)8-6-10-14-11-13-9-5-2;;/h4,12H,5-11H2,1-3H3;1H;/q;;+1/p-1. The van der Waals surface area contributed by atoms with Gasteiger partial charge in [0.25, 0.3) is 0 Å². The molecule has 0 spiro atoms. The van der Waals surface area contributed by atoms with Gasteiger partial charge < -0.3 is 18.5 Å². The molecular formula is C12H25ClMgO2. The van der Waals surface area contributed by atoms with Gasteiger partial charge in [-0.2, -0.15) is 0 Å². The molecule has 0 aromatic heterocycles. The van der Waals surface area contributed by atoms with Crippen molar-refractivity contribution in [3.63, 3.8) is 0 Å². The summed E-state index contributed by atoms with van der Waals surface area (Å²) in [5.74, 6) is 0.779. The molecule has 0 saturated heterocycles. The van der Waals surface area contributed by atoms with Crippen molar-refractivity contribution in [3.05, 3.63) is 0 Å². The predicted molar refractivity (Wildman–Crippen MR) is 71.1 cm³/mol. The summed E-state index contributed by atoms with van der Waals surface area (Å²) in [6.45, 7) is 8.75. The Morgan fingerprint density at radius 1 is 1.19 bits per heavy atom. The average Bonchev–Trinajstić information content (AvgIpc) is 2.27. The first-order chi connectivity index (χ1) is 7.70. The summed E-state index contributed by atoms with van der Waals surface area (Å²) in [5.41, 5.74) is 0. The molecule has 94 valence electrons. The normalized spacial score (nSPS) is 14.5. The zero-order valence-electron chi connectivity index (χ0n) is 11.0. The number of hydrogen-bond acceptors (Lipinski definition) is 2. The molecule has 0 amide bonds. The minimum Gasteiger partial charge on any atom is -0.355 e. The molecule has 16 heavy (non-hydrogen) atoms. The van der Waals surface area contributed by atoms with E-state index in [2.05, 4.69) is 20.8 Å². The van der Waals surface area contributed by atoms with Crippen LogP contribution in [0, 0.1) is 5.92 Å². The maximum atomic E-state index is 5.93. The molecule has 0 aliphatic rings. The van der Waals surface area contributed by atoms with Crippen molar-refractivity contribution in [2.75, 3.05) is 20.0 Å². The van der Waals surface area contributed by atoms with Crippen molar-refractivity contribution in [1.82, 2.24) is 0 Å². The third kappa shape index (κ3) is 11.5. The molecule has 2 unspecified atom stereocenters. The van der Waals surface area contributed by atoms with Gasteiger partial charge in [-0.15, -0.1) is 4.05 Å². The molecule has 2 nitrogen and oxygen atoms in total. The maximum Gasteiger partial charge on any atom is 0.504 e. The molecule has 0 fully saturated rings. The second kappa shape index (κ2) is 12.4. The van der Waals surface area contributed by atoms with Crippen molar-refractivity contribution in [3.8, 4) is 0 Å². The minimum atomic E-state index is -0.326. The van der Waals surface area contributed by atoms with Crippen LogP contribution < -0.4 is 0 Å². The molecule has 0 rings (SSSR count). The first-order valence-corrected chi connectivity index (χ1v) is 9.37. The lowest BCUT2D eigenvalue weighted by atomic mass is 10.0. The van der Waals surface area contributed by atoms with E-state index in [4.69, 9.17) is 18.5 Å². The molecule has 0 heterocycles. The van der Waals surface area contributed by atoms with Crippen molar-refractivity contribution in [2.24, 2.45) is 5.92 Å². The number of ether oxygens (including phenoxy) is 2. The zero-order chi connectivity index (χ0) is 12.2. The molecule has 0 aliphatic carbocycles. The van der Waals surface area contributed by atoms with Crippen molar-refractivity contribution >= 4 is 28.3 Å². The average molecular weight is 261 g/mol. The number of rotatable bonds is 11. The highest BCUT2D eigenvalue weighted by Gasteiger charge is 2.09. The third-order valence-corrected chi connectivity index (χ3v) is 5.01. The van der Waals surface area contributed by atoms with E-state index >= 15 is 0 Å². The van der Waals surface area contributed by atoms with Crippen LogP contribution >= 0.6 is 9.07 Å². The van der Waals surface area contributed by atoms with E-state index in [0.29, 0.717) is 6.79 Å². The molecule has 0 aromatic carbocycles. The van der Waals surface area contributed by atoms with Crippen LogP contribution in [0.3, 0.4) is 0 Å². The fourth-order valence-corrected chi connectivity index (χ4v) is 2.80. The summed E-state index contributed by atoms with van der Waals surface area (Å²) in [7, 11) is 5.93. The van der Waals surface area contributed by atoms with Crippen molar-refractivity contribution < 1.29 is 9.47 Å². The van der Waals surface area contributed by atoms with E-state index in [-0.39, 0.29) is 19.3 Å². The van der Waals surface area contributed by atoms with E-state index in [1.807, 2.05) is 0 Å². The van der Waals surface area contributed by atoms with E-state index in [9.17, 15) is 0 Å². The highest BCUT2D eigenvalue weighted by Crippen LogP contribution is 2.20. The van der Waals surface area contributed by atoms with Crippen LogP contribution in [0.2, 0.25) is 4.05 Å². The van der Waals surface area contributed by atoms with Crippen molar-refractivity contribution in [2.45, 2.75) is 50.5 Å². The van der Waals surface area contributed by atoms with Crippen LogP contribution in [-0.4, -0.2) is 39.3 Å².